The number of ether oxygens (including phenoxy) is 5. The number of alkyl carbamates (subject to hydrolysis) is 1. The monoisotopic (exact) mass is 912 g/mol. The summed E-state index contributed by atoms with van der Waals surface area (Å²) in [6.07, 6.45) is -0.664. The fraction of sp³-hybridized carbons (Fsp3) is 0.449. The van der Waals surface area contributed by atoms with Gasteiger partial charge in [-0.25, -0.2) is 19.4 Å². The number of carbonyl (C=O) groups is 7. The van der Waals surface area contributed by atoms with Crippen molar-refractivity contribution in [3.05, 3.63) is 94.3 Å². The van der Waals surface area contributed by atoms with Crippen LogP contribution in [0.15, 0.2) is 55.1 Å². The molecular formula is C49H60N4O13. The first-order valence-corrected chi connectivity index (χ1v) is 21.7. The van der Waals surface area contributed by atoms with Gasteiger partial charge in [-0.05, 0) is 97.5 Å². The van der Waals surface area contributed by atoms with Gasteiger partial charge in [-0.1, -0.05) is 64.6 Å². The zero-order valence-electron chi connectivity index (χ0n) is 38.9. The largest absolute Gasteiger partial charge is 0.444 e. The molecule has 1 aliphatic carbocycles. The number of nitrogens with one attached hydrogen (secondary N) is 3. The van der Waals surface area contributed by atoms with Crippen LogP contribution < -0.4 is 10.6 Å². The normalized spacial score (nSPS) is 13.7. The maximum atomic E-state index is 14.3. The SMILES string of the molecule is C=Cc1cc(C(=O)Cc2ccc(C(=N)CC(=O)OC(C)OC(=O)[C@@H](NC(=O)OC(C)(C)C)C(C)C)cc2)c(-c2ccc(C(=O)NCC3CC3)nc2C(=O)OC(C)OC(=O)C(C)C)cc1CO. The van der Waals surface area contributed by atoms with Gasteiger partial charge in [0.2, 0.25) is 12.6 Å². The van der Waals surface area contributed by atoms with Gasteiger partial charge in [-0.15, -0.1) is 0 Å². The minimum atomic E-state index is -1.34. The average Bonchev–Trinajstić information content (AvgIpc) is 4.08. The Morgan fingerprint density at radius 2 is 1.50 bits per heavy atom. The van der Waals surface area contributed by atoms with E-state index < -0.39 is 84.8 Å². The molecule has 1 aromatic heterocycles. The molecule has 0 spiro atoms. The van der Waals surface area contributed by atoms with Crippen molar-refractivity contribution < 1.29 is 62.4 Å². The number of Topliss-reactive ketones (excluding diaryl/α,β-unsaturated/α-hetero) is 1. The molecule has 66 heavy (non-hydrogen) atoms. The highest BCUT2D eigenvalue weighted by Crippen LogP contribution is 2.33. The van der Waals surface area contributed by atoms with Crippen molar-refractivity contribution >= 4 is 53.4 Å². The third-order valence-electron chi connectivity index (χ3n) is 10.0. The van der Waals surface area contributed by atoms with Gasteiger partial charge in [0.1, 0.15) is 17.3 Å². The molecule has 4 rings (SSSR count). The Morgan fingerprint density at radius 3 is 2.08 bits per heavy atom. The molecule has 354 valence electrons. The number of esters is 4. The molecule has 4 N–H and O–H groups in total. The first kappa shape index (κ1) is 51.9. The van der Waals surface area contributed by atoms with Crippen molar-refractivity contribution in [1.82, 2.24) is 15.6 Å². The van der Waals surface area contributed by atoms with E-state index in [0.717, 1.165) is 12.8 Å². The van der Waals surface area contributed by atoms with Gasteiger partial charge in [0.25, 0.3) is 5.91 Å². The van der Waals surface area contributed by atoms with Crippen molar-refractivity contribution in [3.8, 4) is 11.1 Å². The number of benzene rings is 2. The van der Waals surface area contributed by atoms with Crippen LogP contribution >= 0.6 is 0 Å². The Hall–Kier alpha value is -6.75. The van der Waals surface area contributed by atoms with E-state index in [0.29, 0.717) is 34.7 Å². The number of aliphatic hydroxyl groups is 1. The Morgan fingerprint density at radius 1 is 0.864 bits per heavy atom. The molecule has 3 atom stereocenters. The number of carbonyl (C=O) groups excluding carboxylic acids is 7. The molecule has 3 aromatic rings. The third-order valence-corrected chi connectivity index (χ3v) is 10.0. The highest BCUT2D eigenvalue weighted by molar-refractivity contribution is 6.09. The van der Waals surface area contributed by atoms with Crippen LogP contribution in [0.3, 0.4) is 0 Å². The van der Waals surface area contributed by atoms with Crippen molar-refractivity contribution in [3.63, 3.8) is 0 Å². The molecule has 0 radical (unpaired) electrons. The second kappa shape index (κ2) is 22.9. The number of hydrogen-bond donors (Lipinski definition) is 4. The van der Waals surface area contributed by atoms with Crippen molar-refractivity contribution in [2.75, 3.05) is 6.54 Å². The van der Waals surface area contributed by atoms with Crippen LogP contribution in [-0.2, 0) is 51.1 Å². The van der Waals surface area contributed by atoms with Gasteiger partial charge >= 0.3 is 30.0 Å². The molecule has 0 bridgehead atoms. The van der Waals surface area contributed by atoms with E-state index in [2.05, 4.69) is 22.2 Å². The molecule has 2 amide bonds. The van der Waals surface area contributed by atoms with Crippen LogP contribution in [0.1, 0.15) is 135 Å². The lowest BCUT2D eigenvalue weighted by molar-refractivity contribution is -0.186. The molecular weight excluding hydrogens is 853 g/mol. The predicted octanol–water partition coefficient (Wildman–Crippen LogP) is 6.89. The van der Waals surface area contributed by atoms with Gasteiger partial charge < -0.3 is 44.8 Å². The van der Waals surface area contributed by atoms with Crippen molar-refractivity contribution in [2.24, 2.45) is 17.8 Å². The first-order chi connectivity index (χ1) is 31.0. The third kappa shape index (κ3) is 15.2. The Kier molecular flexibility index (Phi) is 18.0. The summed E-state index contributed by atoms with van der Waals surface area (Å²) in [5.41, 5.74) is 0.785. The summed E-state index contributed by atoms with van der Waals surface area (Å²) in [6, 6.07) is 11.2. The van der Waals surface area contributed by atoms with Crippen LogP contribution in [0.2, 0.25) is 0 Å². The van der Waals surface area contributed by atoms with E-state index >= 15 is 0 Å². The molecule has 1 saturated carbocycles. The lowest BCUT2D eigenvalue weighted by Gasteiger charge is -2.25. The summed E-state index contributed by atoms with van der Waals surface area (Å²) < 4.78 is 26.5. The fourth-order valence-electron chi connectivity index (χ4n) is 6.35. The van der Waals surface area contributed by atoms with E-state index in [1.54, 1.807) is 72.7 Å². The number of aromatic nitrogens is 1. The Labute approximate surface area is 384 Å². The fourth-order valence-corrected chi connectivity index (χ4v) is 6.35. The average molecular weight is 913 g/mol. The highest BCUT2D eigenvalue weighted by Gasteiger charge is 2.31. The molecule has 17 heteroatoms. The van der Waals surface area contributed by atoms with Crippen molar-refractivity contribution in [1.29, 1.82) is 5.41 Å². The summed E-state index contributed by atoms with van der Waals surface area (Å²) in [6.45, 7) is 18.2. The van der Waals surface area contributed by atoms with Crippen LogP contribution in [0.25, 0.3) is 17.2 Å². The number of nitrogens with zero attached hydrogens (tertiary/aromatic N) is 1. The first-order valence-electron chi connectivity index (χ1n) is 21.7. The van der Waals surface area contributed by atoms with E-state index in [4.69, 9.17) is 29.1 Å². The topological polar surface area (TPSA) is 247 Å². The number of pyridine rings is 1. The molecule has 1 heterocycles. The van der Waals surface area contributed by atoms with Gasteiger partial charge in [-0.2, -0.15) is 0 Å². The van der Waals surface area contributed by atoms with Crippen molar-refractivity contribution in [2.45, 2.75) is 119 Å². The van der Waals surface area contributed by atoms with Crippen LogP contribution in [0.5, 0.6) is 0 Å². The van der Waals surface area contributed by atoms with Crippen LogP contribution in [0.4, 0.5) is 4.79 Å². The van der Waals surface area contributed by atoms with Crippen LogP contribution in [-0.4, -0.2) is 88.2 Å². The molecule has 2 aromatic carbocycles. The zero-order chi connectivity index (χ0) is 49.0. The second-order valence-electron chi connectivity index (χ2n) is 17.6. The van der Waals surface area contributed by atoms with Gasteiger partial charge in [0.15, 0.2) is 11.5 Å². The molecule has 1 fully saturated rings. The van der Waals surface area contributed by atoms with Gasteiger partial charge in [0.05, 0.1) is 18.9 Å². The number of ketones is 1. The standard InChI is InChI=1S/C49H60N4O13/c1-11-32-21-37(36(22-34(32)25-54)35-18-19-39(44(57)51-24-31-12-13-31)52-43(35)47(60)65-29(7)63-45(58)27(4)5)40(55)20-30-14-16-33(17-15-30)38(50)23-41(56)62-28(6)64-46(59)42(26(2)3)53-48(61)66-49(8,9)10/h11,14-19,21-22,26-29,31,42,50,54H,1,12-13,20,23-25H2,2-10H3,(H,51,57)(H,53,61)/t28?,29?,42-/m0/s1. The quantitative estimate of drug-likeness (QED) is 0.0280. The summed E-state index contributed by atoms with van der Waals surface area (Å²) in [4.78, 5) is 95.8. The molecule has 1 aliphatic rings. The van der Waals surface area contributed by atoms with E-state index in [1.807, 2.05) is 0 Å². The van der Waals surface area contributed by atoms with Gasteiger partial charge in [0, 0.05) is 43.7 Å². The second-order valence-corrected chi connectivity index (χ2v) is 17.6. The minimum absolute atomic E-state index is 0.0857. The summed E-state index contributed by atoms with van der Waals surface area (Å²) in [7, 11) is 0. The van der Waals surface area contributed by atoms with E-state index in [1.165, 1.54) is 44.2 Å². The molecule has 0 aliphatic heterocycles. The molecule has 17 nitrogen and oxygen atoms in total. The Balaban J connectivity index is 1.53. The lowest BCUT2D eigenvalue weighted by Crippen LogP contribution is -2.48. The summed E-state index contributed by atoms with van der Waals surface area (Å²) >= 11 is 0. The highest BCUT2D eigenvalue weighted by atomic mass is 16.7. The number of hydrogen-bond acceptors (Lipinski definition) is 15. The lowest BCUT2D eigenvalue weighted by atomic mass is 9.89. The van der Waals surface area contributed by atoms with Gasteiger partial charge in [-0.3, -0.25) is 19.2 Å². The number of amides is 2. The predicted molar refractivity (Wildman–Crippen MR) is 242 cm³/mol. The maximum Gasteiger partial charge on any atom is 0.408 e. The molecule has 2 unspecified atom stereocenters. The summed E-state index contributed by atoms with van der Waals surface area (Å²) in [5.74, 6) is -4.80. The van der Waals surface area contributed by atoms with Crippen LogP contribution in [0, 0.1) is 23.2 Å². The zero-order valence-corrected chi connectivity index (χ0v) is 38.9. The number of rotatable bonds is 21. The maximum absolute atomic E-state index is 14.3. The summed E-state index contributed by atoms with van der Waals surface area (Å²) in [5, 5.41) is 24.1. The minimum Gasteiger partial charge on any atom is -0.444 e. The Bertz CT molecular complexity index is 2330. The van der Waals surface area contributed by atoms with E-state index in [9.17, 15) is 38.7 Å². The van der Waals surface area contributed by atoms with E-state index in [-0.39, 0.29) is 46.1 Å². The smallest absolute Gasteiger partial charge is 0.408 e. The number of aliphatic hydroxyl groups excluding tert-OH is 1. The molecule has 0 saturated heterocycles.